The van der Waals surface area contributed by atoms with Gasteiger partial charge in [0.2, 0.25) is 0 Å². The fourth-order valence-electron chi connectivity index (χ4n) is 1.37. The average molecular weight is 318 g/mol. The van der Waals surface area contributed by atoms with Gasteiger partial charge in [0.05, 0.1) is 5.56 Å². The monoisotopic (exact) mass is 317 g/mol. The average Bonchev–Trinajstić information content (AvgIpc) is 2.26. The maximum absolute atomic E-state index is 11.9. The summed E-state index contributed by atoms with van der Waals surface area (Å²) in [5, 5.41) is 2.91. The minimum absolute atomic E-state index is 0.0823. The fourth-order valence-corrected chi connectivity index (χ4v) is 2.22. The number of benzene rings is 1. The Morgan fingerprint density at radius 3 is 2.88 bits per heavy atom. The lowest BCUT2D eigenvalue weighted by molar-refractivity contribution is 0.0926. The molecule has 0 saturated heterocycles. The molecule has 1 atom stereocenters. The number of amides is 1. The van der Waals surface area contributed by atoms with E-state index in [0.29, 0.717) is 17.1 Å². The highest BCUT2D eigenvalue weighted by atomic mass is 79.9. The number of thiol groups is 1. The number of nitrogens with one attached hydrogen (secondary N) is 1. The van der Waals surface area contributed by atoms with Crippen LogP contribution in [0.5, 0.6) is 0 Å². The van der Waals surface area contributed by atoms with Gasteiger partial charge in [-0.1, -0.05) is 15.9 Å². The second-order valence-electron chi connectivity index (χ2n) is 3.82. The Bertz CT molecular complexity index is 398. The molecule has 0 bridgehead atoms. The number of halogens is 1. The smallest absolute Gasteiger partial charge is 0.252 e. The summed E-state index contributed by atoms with van der Waals surface area (Å²) in [4.78, 5) is 12.6. The van der Waals surface area contributed by atoms with Crippen LogP contribution < -0.4 is 5.32 Å². The van der Waals surface area contributed by atoms with E-state index in [1.807, 2.05) is 13.0 Å². The third-order valence-corrected chi connectivity index (χ3v) is 3.20. The molecule has 1 amide bonds. The van der Waals surface area contributed by atoms with Gasteiger partial charge >= 0.3 is 0 Å². The van der Waals surface area contributed by atoms with Crippen molar-refractivity contribution < 1.29 is 9.53 Å². The van der Waals surface area contributed by atoms with Crippen molar-refractivity contribution in [2.75, 3.05) is 13.7 Å². The first-order chi connectivity index (χ1) is 8.04. The predicted octanol–water partition coefficient (Wildman–Crippen LogP) is 2.89. The molecule has 1 rings (SSSR count). The number of hydrogen-bond acceptors (Lipinski definition) is 3. The molecule has 1 N–H and O–H groups in total. The Labute approximate surface area is 115 Å². The zero-order valence-corrected chi connectivity index (χ0v) is 12.3. The van der Waals surface area contributed by atoms with Crippen LogP contribution in [-0.4, -0.2) is 25.7 Å². The van der Waals surface area contributed by atoms with Gasteiger partial charge in [-0.15, -0.1) is 12.6 Å². The van der Waals surface area contributed by atoms with E-state index in [1.165, 1.54) is 0 Å². The molecule has 0 aromatic heterocycles. The van der Waals surface area contributed by atoms with Crippen molar-refractivity contribution in [1.82, 2.24) is 5.32 Å². The van der Waals surface area contributed by atoms with E-state index in [4.69, 9.17) is 4.74 Å². The molecule has 0 saturated carbocycles. The van der Waals surface area contributed by atoms with E-state index in [0.717, 1.165) is 10.9 Å². The van der Waals surface area contributed by atoms with Gasteiger partial charge < -0.3 is 10.1 Å². The first kappa shape index (κ1) is 14.5. The molecule has 17 heavy (non-hydrogen) atoms. The number of rotatable bonds is 5. The Morgan fingerprint density at radius 1 is 1.59 bits per heavy atom. The molecule has 1 aromatic rings. The van der Waals surface area contributed by atoms with Gasteiger partial charge in [0.25, 0.3) is 5.91 Å². The standard InChI is InChI=1S/C12H16BrNO2S/c1-8(5-6-16-2)14-12(15)10-4-3-9(13)7-11(10)17/h3-4,7-8,17H,5-6H2,1-2H3,(H,14,15). The van der Waals surface area contributed by atoms with Crippen LogP contribution in [0.4, 0.5) is 0 Å². The van der Waals surface area contributed by atoms with Gasteiger partial charge in [0, 0.05) is 29.1 Å². The van der Waals surface area contributed by atoms with Crippen LogP contribution in [0.1, 0.15) is 23.7 Å². The van der Waals surface area contributed by atoms with Crippen LogP contribution in [0.3, 0.4) is 0 Å². The zero-order valence-electron chi connectivity index (χ0n) is 9.87. The second-order valence-corrected chi connectivity index (χ2v) is 5.21. The van der Waals surface area contributed by atoms with E-state index in [9.17, 15) is 4.79 Å². The summed E-state index contributed by atoms with van der Waals surface area (Å²) in [5.74, 6) is -0.105. The van der Waals surface area contributed by atoms with Crippen molar-refractivity contribution in [3.8, 4) is 0 Å². The van der Waals surface area contributed by atoms with E-state index in [-0.39, 0.29) is 11.9 Å². The topological polar surface area (TPSA) is 38.3 Å². The molecule has 0 fully saturated rings. The molecule has 0 aliphatic carbocycles. The summed E-state index contributed by atoms with van der Waals surface area (Å²) in [6.45, 7) is 2.59. The van der Waals surface area contributed by atoms with Gasteiger partial charge in [0.1, 0.15) is 0 Å². The van der Waals surface area contributed by atoms with E-state index in [2.05, 4.69) is 33.9 Å². The Morgan fingerprint density at radius 2 is 2.29 bits per heavy atom. The quantitative estimate of drug-likeness (QED) is 0.819. The summed E-state index contributed by atoms with van der Waals surface area (Å²) in [6.07, 6.45) is 0.792. The molecular weight excluding hydrogens is 302 g/mol. The Kier molecular flexibility index (Phi) is 6.02. The first-order valence-electron chi connectivity index (χ1n) is 5.33. The molecular formula is C12H16BrNO2S. The Balaban J connectivity index is 2.63. The third-order valence-electron chi connectivity index (χ3n) is 2.34. The van der Waals surface area contributed by atoms with Crippen LogP contribution in [0.15, 0.2) is 27.6 Å². The molecule has 1 aromatic carbocycles. The molecule has 0 heterocycles. The van der Waals surface area contributed by atoms with Crippen LogP contribution in [0.25, 0.3) is 0 Å². The zero-order chi connectivity index (χ0) is 12.8. The molecule has 0 aliphatic rings. The summed E-state index contributed by atoms with van der Waals surface area (Å²) in [6, 6.07) is 5.47. The van der Waals surface area contributed by atoms with Crippen molar-refractivity contribution in [3.63, 3.8) is 0 Å². The minimum Gasteiger partial charge on any atom is -0.385 e. The fraction of sp³-hybridized carbons (Fsp3) is 0.417. The number of carbonyl (C=O) groups excluding carboxylic acids is 1. The summed E-state index contributed by atoms with van der Waals surface area (Å²) in [7, 11) is 1.65. The van der Waals surface area contributed by atoms with Crippen molar-refractivity contribution in [2.24, 2.45) is 0 Å². The van der Waals surface area contributed by atoms with Crippen LogP contribution >= 0.6 is 28.6 Å². The van der Waals surface area contributed by atoms with Crippen molar-refractivity contribution in [2.45, 2.75) is 24.3 Å². The highest BCUT2D eigenvalue weighted by molar-refractivity contribution is 9.10. The van der Waals surface area contributed by atoms with Crippen LogP contribution in [0, 0.1) is 0 Å². The largest absolute Gasteiger partial charge is 0.385 e. The van der Waals surface area contributed by atoms with Gasteiger partial charge in [-0.25, -0.2) is 0 Å². The molecule has 0 radical (unpaired) electrons. The van der Waals surface area contributed by atoms with E-state index < -0.39 is 0 Å². The second kappa shape index (κ2) is 7.03. The van der Waals surface area contributed by atoms with Gasteiger partial charge in [0.15, 0.2) is 0 Å². The highest BCUT2D eigenvalue weighted by Gasteiger charge is 2.12. The minimum atomic E-state index is -0.105. The summed E-state index contributed by atoms with van der Waals surface area (Å²) in [5.41, 5.74) is 0.584. The first-order valence-corrected chi connectivity index (χ1v) is 6.57. The van der Waals surface area contributed by atoms with Gasteiger partial charge in [-0.2, -0.15) is 0 Å². The summed E-state index contributed by atoms with van der Waals surface area (Å²) >= 11 is 7.62. The van der Waals surface area contributed by atoms with Crippen molar-refractivity contribution in [1.29, 1.82) is 0 Å². The SMILES string of the molecule is COCCC(C)NC(=O)c1ccc(Br)cc1S. The lowest BCUT2D eigenvalue weighted by atomic mass is 10.2. The molecule has 0 aliphatic heterocycles. The predicted molar refractivity (Wildman–Crippen MR) is 74.8 cm³/mol. The number of ether oxygens (including phenoxy) is 1. The van der Waals surface area contributed by atoms with Crippen molar-refractivity contribution >= 4 is 34.5 Å². The maximum Gasteiger partial charge on any atom is 0.252 e. The highest BCUT2D eigenvalue weighted by Crippen LogP contribution is 2.19. The van der Waals surface area contributed by atoms with Crippen LogP contribution in [0.2, 0.25) is 0 Å². The third kappa shape index (κ3) is 4.69. The normalized spacial score (nSPS) is 12.2. The number of carbonyl (C=O) groups is 1. The molecule has 5 heteroatoms. The lowest BCUT2D eigenvalue weighted by Gasteiger charge is -2.14. The molecule has 3 nitrogen and oxygen atoms in total. The Hall–Kier alpha value is -0.520. The molecule has 1 unspecified atom stereocenters. The summed E-state index contributed by atoms with van der Waals surface area (Å²) < 4.78 is 5.88. The lowest BCUT2D eigenvalue weighted by Crippen LogP contribution is -2.33. The van der Waals surface area contributed by atoms with E-state index >= 15 is 0 Å². The van der Waals surface area contributed by atoms with Gasteiger partial charge in [-0.05, 0) is 31.5 Å². The number of hydrogen-bond donors (Lipinski definition) is 2. The maximum atomic E-state index is 11.9. The molecule has 0 spiro atoms. The van der Waals surface area contributed by atoms with Crippen LogP contribution in [-0.2, 0) is 4.74 Å². The van der Waals surface area contributed by atoms with E-state index in [1.54, 1.807) is 19.2 Å². The molecule has 94 valence electrons. The van der Waals surface area contributed by atoms with Crippen molar-refractivity contribution in [3.05, 3.63) is 28.2 Å². The van der Waals surface area contributed by atoms with Gasteiger partial charge in [-0.3, -0.25) is 4.79 Å². The number of methoxy groups -OCH3 is 1.